The third kappa shape index (κ3) is 2.68. The molecule has 1 unspecified atom stereocenters. The fourth-order valence-corrected chi connectivity index (χ4v) is 3.09. The minimum absolute atomic E-state index is 0.190. The van der Waals surface area contributed by atoms with Gasteiger partial charge in [0, 0.05) is 0 Å². The van der Waals surface area contributed by atoms with E-state index in [0.29, 0.717) is 12.8 Å². The highest BCUT2D eigenvalue weighted by molar-refractivity contribution is 5.81. The predicted molar refractivity (Wildman–Crippen MR) is 66.6 cm³/mol. The number of amides is 1. The summed E-state index contributed by atoms with van der Waals surface area (Å²) in [4.78, 5) is 24.8. The molecule has 2 N–H and O–H groups in total. The Hall–Kier alpha value is -1.30. The molecule has 4 atom stereocenters. The molecule has 0 aromatic rings. The van der Waals surface area contributed by atoms with E-state index >= 15 is 0 Å². The van der Waals surface area contributed by atoms with Gasteiger partial charge in [0.25, 0.3) is 0 Å². The summed E-state index contributed by atoms with van der Waals surface area (Å²) in [6.07, 6.45) is 0.517. The van der Waals surface area contributed by atoms with Crippen molar-refractivity contribution in [1.29, 1.82) is 0 Å². The van der Waals surface area contributed by atoms with Gasteiger partial charge in [-0.25, -0.2) is 9.59 Å². The predicted octanol–water partition coefficient (Wildman–Crippen LogP) is 1.22. The number of carbonyl (C=O) groups is 2. The molecule has 1 aliphatic carbocycles. The van der Waals surface area contributed by atoms with Crippen molar-refractivity contribution in [3.63, 3.8) is 0 Å². The summed E-state index contributed by atoms with van der Waals surface area (Å²) in [5.41, 5.74) is -0.679. The number of ether oxygens (including phenoxy) is 1. The second-order valence-corrected chi connectivity index (χ2v) is 6.38. The Labute approximate surface area is 112 Å². The molecular formula is C13H21NO5. The third-order valence-corrected chi connectivity index (χ3v) is 3.78. The lowest BCUT2D eigenvalue weighted by Gasteiger charge is -2.51. The highest BCUT2D eigenvalue weighted by Gasteiger charge is 2.52. The van der Waals surface area contributed by atoms with Crippen LogP contribution in [0.4, 0.5) is 4.79 Å². The van der Waals surface area contributed by atoms with Crippen LogP contribution < -0.4 is 0 Å². The highest BCUT2D eigenvalue weighted by atomic mass is 16.6. The van der Waals surface area contributed by atoms with E-state index in [1.807, 2.05) is 0 Å². The minimum Gasteiger partial charge on any atom is -0.480 e. The first kappa shape index (κ1) is 14.1. The zero-order valence-electron chi connectivity index (χ0n) is 11.5. The normalized spacial score (nSPS) is 34.2. The lowest BCUT2D eigenvalue weighted by molar-refractivity contribution is -0.158. The van der Waals surface area contributed by atoms with Crippen LogP contribution in [0.25, 0.3) is 0 Å². The van der Waals surface area contributed by atoms with Crippen LogP contribution in [0.3, 0.4) is 0 Å². The van der Waals surface area contributed by atoms with Gasteiger partial charge in [0.15, 0.2) is 0 Å². The van der Waals surface area contributed by atoms with Crippen molar-refractivity contribution in [1.82, 2.24) is 4.90 Å². The van der Waals surface area contributed by atoms with Crippen LogP contribution in [0.1, 0.15) is 40.0 Å². The molecule has 108 valence electrons. The molecule has 2 bridgehead atoms. The van der Waals surface area contributed by atoms with Crippen LogP contribution in [-0.4, -0.2) is 51.0 Å². The minimum atomic E-state index is -1.02. The topological polar surface area (TPSA) is 87.1 Å². The third-order valence-electron chi connectivity index (χ3n) is 3.78. The van der Waals surface area contributed by atoms with E-state index in [1.165, 1.54) is 4.90 Å². The lowest BCUT2D eigenvalue weighted by Crippen LogP contribution is -2.65. The Kier molecular flexibility index (Phi) is 3.47. The van der Waals surface area contributed by atoms with Crippen LogP contribution >= 0.6 is 0 Å². The van der Waals surface area contributed by atoms with Gasteiger partial charge in [-0.2, -0.15) is 0 Å². The molecule has 0 aromatic heterocycles. The molecule has 0 spiro atoms. The number of carbonyl (C=O) groups excluding carboxylic acids is 1. The second kappa shape index (κ2) is 4.67. The number of carboxylic acids is 1. The quantitative estimate of drug-likeness (QED) is 0.748. The largest absolute Gasteiger partial charge is 0.480 e. The second-order valence-electron chi connectivity index (χ2n) is 6.38. The molecule has 6 nitrogen and oxygen atoms in total. The van der Waals surface area contributed by atoms with E-state index in [-0.39, 0.29) is 5.92 Å². The van der Waals surface area contributed by atoms with E-state index in [2.05, 4.69) is 0 Å². The number of aliphatic carboxylic acids is 1. The van der Waals surface area contributed by atoms with Crippen molar-refractivity contribution in [2.24, 2.45) is 5.92 Å². The smallest absolute Gasteiger partial charge is 0.411 e. The summed E-state index contributed by atoms with van der Waals surface area (Å²) in [5, 5.41) is 19.3. The average Bonchev–Trinajstić information content (AvgIpc) is 2.25. The molecule has 1 amide bonds. The first-order chi connectivity index (χ1) is 8.70. The molecule has 2 saturated heterocycles. The van der Waals surface area contributed by atoms with Crippen LogP contribution in [0.5, 0.6) is 0 Å². The standard InChI is InChI=1S/C13H21NO5/c1-13(2,3)19-12(18)14-8-5-4-7(6-9(8)15)10(14)11(16)17/h7-10,15H,4-6H2,1-3H3,(H,16,17)/t7-,8+,9+,10?/m1/s1. The van der Waals surface area contributed by atoms with Gasteiger partial charge in [0.05, 0.1) is 12.1 Å². The number of fused-ring (bicyclic) bond motifs is 3. The molecule has 0 radical (unpaired) electrons. The van der Waals surface area contributed by atoms with Crippen molar-refractivity contribution in [2.75, 3.05) is 0 Å². The van der Waals surface area contributed by atoms with Gasteiger partial charge in [-0.15, -0.1) is 0 Å². The molecule has 0 aromatic carbocycles. The summed E-state index contributed by atoms with van der Waals surface area (Å²) in [7, 11) is 0. The van der Waals surface area contributed by atoms with Crippen LogP contribution in [0, 0.1) is 5.92 Å². The fourth-order valence-electron chi connectivity index (χ4n) is 3.09. The SMILES string of the molecule is CC(C)(C)OC(=O)N1C(C(=O)O)[C@@H]2CC[C@H]1[C@@H](O)C2. The van der Waals surface area contributed by atoms with Gasteiger partial charge in [-0.3, -0.25) is 4.90 Å². The summed E-state index contributed by atoms with van der Waals surface area (Å²) in [5.74, 6) is -1.21. The Morgan fingerprint density at radius 3 is 2.37 bits per heavy atom. The van der Waals surface area contributed by atoms with Crippen molar-refractivity contribution >= 4 is 12.1 Å². The number of nitrogens with zero attached hydrogens (tertiary/aromatic N) is 1. The molecule has 3 fully saturated rings. The Morgan fingerprint density at radius 2 is 1.89 bits per heavy atom. The molecule has 3 aliphatic rings. The number of hydrogen-bond donors (Lipinski definition) is 2. The molecule has 1 saturated carbocycles. The number of carboxylic acid groups (broad SMARTS) is 1. The first-order valence-electron chi connectivity index (χ1n) is 6.63. The van der Waals surface area contributed by atoms with Crippen LogP contribution in [0.15, 0.2) is 0 Å². The number of aliphatic hydroxyl groups is 1. The maximum Gasteiger partial charge on any atom is 0.411 e. The molecule has 6 heteroatoms. The summed E-state index contributed by atoms with van der Waals surface area (Å²) in [6.45, 7) is 5.21. The summed E-state index contributed by atoms with van der Waals surface area (Å²) < 4.78 is 5.27. The van der Waals surface area contributed by atoms with Gasteiger partial charge >= 0.3 is 12.1 Å². The molecule has 2 heterocycles. The van der Waals surface area contributed by atoms with E-state index in [0.717, 1.165) is 6.42 Å². The summed E-state index contributed by atoms with van der Waals surface area (Å²) in [6, 6.07) is -1.32. The molecule has 2 aliphatic heterocycles. The first-order valence-corrected chi connectivity index (χ1v) is 6.63. The molecular weight excluding hydrogens is 250 g/mol. The summed E-state index contributed by atoms with van der Waals surface area (Å²) >= 11 is 0. The van der Waals surface area contributed by atoms with E-state index in [4.69, 9.17) is 4.74 Å². The van der Waals surface area contributed by atoms with Gasteiger partial charge in [0.1, 0.15) is 11.6 Å². The van der Waals surface area contributed by atoms with Crippen LogP contribution in [-0.2, 0) is 9.53 Å². The Morgan fingerprint density at radius 1 is 1.26 bits per heavy atom. The maximum absolute atomic E-state index is 12.2. The van der Waals surface area contributed by atoms with Crippen molar-refractivity contribution in [3.05, 3.63) is 0 Å². The fraction of sp³-hybridized carbons (Fsp3) is 0.846. The molecule has 3 rings (SSSR count). The zero-order valence-corrected chi connectivity index (χ0v) is 11.5. The monoisotopic (exact) mass is 271 g/mol. The lowest BCUT2D eigenvalue weighted by atomic mass is 9.73. The van der Waals surface area contributed by atoms with Crippen LogP contribution in [0.2, 0.25) is 0 Å². The highest BCUT2D eigenvalue weighted by Crippen LogP contribution is 2.40. The maximum atomic E-state index is 12.2. The molecule has 19 heavy (non-hydrogen) atoms. The number of piperidine rings is 2. The average molecular weight is 271 g/mol. The Bertz CT molecular complexity index is 389. The zero-order chi connectivity index (χ0) is 14.4. The van der Waals surface area contributed by atoms with Crippen molar-refractivity contribution in [2.45, 2.75) is 63.8 Å². The van der Waals surface area contributed by atoms with Gasteiger partial charge < -0.3 is 14.9 Å². The van der Waals surface area contributed by atoms with E-state index < -0.39 is 35.9 Å². The van der Waals surface area contributed by atoms with E-state index in [1.54, 1.807) is 20.8 Å². The Balaban J connectivity index is 2.24. The number of aliphatic hydroxyl groups excluding tert-OH is 1. The van der Waals surface area contributed by atoms with E-state index in [9.17, 15) is 19.8 Å². The van der Waals surface area contributed by atoms with Gasteiger partial charge in [-0.05, 0) is 46.0 Å². The van der Waals surface area contributed by atoms with Gasteiger partial charge in [0.2, 0.25) is 0 Å². The van der Waals surface area contributed by atoms with Crippen molar-refractivity contribution < 1.29 is 24.5 Å². The number of hydrogen-bond acceptors (Lipinski definition) is 4. The van der Waals surface area contributed by atoms with Gasteiger partial charge in [-0.1, -0.05) is 0 Å². The van der Waals surface area contributed by atoms with Crippen molar-refractivity contribution in [3.8, 4) is 0 Å². The number of rotatable bonds is 1.